The number of rotatable bonds is 5. The van der Waals surface area contributed by atoms with Crippen LogP contribution in [0.25, 0.3) is 10.9 Å². The molecule has 0 atom stereocenters. The van der Waals surface area contributed by atoms with Crippen LogP contribution in [0, 0.1) is 6.92 Å². The lowest BCUT2D eigenvalue weighted by atomic mass is 9.75. The average Bonchev–Trinajstić information content (AvgIpc) is 2.63. The van der Waals surface area contributed by atoms with Gasteiger partial charge in [0.1, 0.15) is 16.8 Å². The Hall–Kier alpha value is -2.00. The second kappa shape index (κ2) is 8.26. The molecule has 1 aliphatic carbocycles. The topological polar surface area (TPSA) is 97.6 Å². The monoisotopic (exact) mass is 454 g/mol. The highest BCUT2D eigenvalue weighted by Gasteiger charge is 2.44. The van der Waals surface area contributed by atoms with E-state index in [1.54, 1.807) is 18.9 Å². The van der Waals surface area contributed by atoms with Gasteiger partial charge in [0.05, 0.1) is 11.1 Å². The number of aromatic nitrogens is 2. The molecule has 1 saturated carbocycles. The summed E-state index contributed by atoms with van der Waals surface area (Å²) in [6, 6.07) is 0. The van der Waals surface area contributed by atoms with Crippen LogP contribution in [-0.2, 0) is 4.74 Å². The Bertz CT molecular complexity index is 1030. The maximum Gasteiger partial charge on any atom is 0.410 e. The fourth-order valence-electron chi connectivity index (χ4n) is 3.41. The van der Waals surface area contributed by atoms with Crippen LogP contribution < -0.4 is 10.9 Å². The zero-order valence-electron chi connectivity index (χ0n) is 18.1. The number of anilines is 1. The number of hydrogen-bond acceptors (Lipinski definition) is 8. The molecule has 2 heterocycles. The van der Waals surface area contributed by atoms with Crippen molar-refractivity contribution in [2.75, 3.05) is 25.2 Å². The first-order valence-corrected chi connectivity index (χ1v) is 11.3. The first-order valence-electron chi connectivity index (χ1n) is 9.73. The van der Waals surface area contributed by atoms with Crippen LogP contribution in [0.1, 0.15) is 45.6 Å². The molecule has 8 nitrogen and oxygen atoms in total. The number of fused-ring (bicyclic) bond motifs is 1. The molecule has 2 aromatic heterocycles. The molecule has 1 amide bonds. The van der Waals surface area contributed by atoms with Crippen molar-refractivity contribution in [1.29, 1.82) is 0 Å². The summed E-state index contributed by atoms with van der Waals surface area (Å²) in [4.78, 5) is 35.7. The molecular formula is C20H27ClN4O4S. The normalized spacial score (nSPS) is 15.6. The molecule has 0 aromatic carbocycles. The summed E-state index contributed by atoms with van der Waals surface area (Å²) < 4.78 is 10.7. The van der Waals surface area contributed by atoms with Crippen molar-refractivity contribution < 1.29 is 13.9 Å². The predicted molar refractivity (Wildman–Crippen MR) is 119 cm³/mol. The Balaban J connectivity index is 1.93. The van der Waals surface area contributed by atoms with Gasteiger partial charge in [-0.25, -0.2) is 19.6 Å². The van der Waals surface area contributed by atoms with Crippen molar-refractivity contribution in [2.24, 2.45) is 0 Å². The van der Waals surface area contributed by atoms with E-state index in [9.17, 15) is 9.59 Å². The highest BCUT2D eigenvalue weighted by Crippen LogP contribution is 2.38. The Kier molecular flexibility index (Phi) is 6.25. The molecule has 0 spiro atoms. The molecular weight excluding hydrogens is 428 g/mol. The van der Waals surface area contributed by atoms with Crippen molar-refractivity contribution in [1.82, 2.24) is 14.9 Å². The number of hydrogen-bond donors (Lipinski definition) is 1. The van der Waals surface area contributed by atoms with Crippen molar-refractivity contribution >= 4 is 46.2 Å². The molecule has 1 aliphatic rings. The Morgan fingerprint density at radius 2 is 2.03 bits per heavy atom. The number of carbonyl (C=O) groups excluding carboxylic acids is 1. The standard InChI is InChI=1S/C20H27ClN4O4S/c1-11-13-12(16(26)28-14(11)21)15(24-17(23-13)30-6)22-10-20(8-7-9-20)25(5)18(27)29-19(2,3)4/h7-10H2,1-6H3,(H,22,23,24). The molecule has 30 heavy (non-hydrogen) atoms. The van der Waals surface area contributed by atoms with Crippen LogP contribution in [0.5, 0.6) is 0 Å². The molecule has 164 valence electrons. The summed E-state index contributed by atoms with van der Waals surface area (Å²) in [7, 11) is 1.75. The van der Waals surface area contributed by atoms with E-state index in [1.807, 2.05) is 27.0 Å². The number of aryl methyl sites for hydroxylation is 1. The number of carbonyl (C=O) groups is 1. The Morgan fingerprint density at radius 1 is 1.37 bits per heavy atom. The fraction of sp³-hybridized carbons (Fsp3) is 0.600. The van der Waals surface area contributed by atoms with Crippen molar-refractivity contribution in [3.8, 4) is 0 Å². The summed E-state index contributed by atoms with van der Waals surface area (Å²) in [6.07, 6.45) is 4.15. The van der Waals surface area contributed by atoms with Gasteiger partial charge in [-0.1, -0.05) is 11.8 Å². The fourth-order valence-corrected chi connectivity index (χ4v) is 3.94. The highest BCUT2D eigenvalue weighted by atomic mass is 35.5. The van der Waals surface area contributed by atoms with Gasteiger partial charge in [0.25, 0.3) is 0 Å². The minimum Gasteiger partial charge on any atom is -0.444 e. The Labute approximate surface area is 184 Å². The largest absolute Gasteiger partial charge is 0.444 e. The number of nitrogens with zero attached hydrogens (tertiary/aromatic N) is 3. The molecule has 0 saturated heterocycles. The molecule has 1 fully saturated rings. The quantitative estimate of drug-likeness (QED) is 0.522. The van der Waals surface area contributed by atoms with Gasteiger partial charge in [0.15, 0.2) is 5.16 Å². The number of amides is 1. The number of ether oxygens (including phenoxy) is 1. The van der Waals surface area contributed by atoms with Crippen LogP contribution in [0.2, 0.25) is 5.22 Å². The molecule has 0 bridgehead atoms. The van der Waals surface area contributed by atoms with Crippen molar-refractivity contribution in [3.05, 3.63) is 21.2 Å². The van der Waals surface area contributed by atoms with Gasteiger partial charge in [0.2, 0.25) is 5.22 Å². The summed E-state index contributed by atoms with van der Waals surface area (Å²) in [5.74, 6) is 0.377. The third-order valence-electron chi connectivity index (χ3n) is 5.36. The third-order valence-corrected chi connectivity index (χ3v) is 6.26. The van der Waals surface area contributed by atoms with Gasteiger partial charge in [-0.2, -0.15) is 0 Å². The van der Waals surface area contributed by atoms with Gasteiger partial charge in [-0.05, 0) is 64.8 Å². The molecule has 2 aromatic rings. The van der Waals surface area contributed by atoms with Gasteiger partial charge >= 0.3 is 11.7 Å². The van der Waals surface area contributed by atoms with Crippen LogP contribution in [-0.4, -0.2) is 51.9 Å². The van der Waals surface area contributed by atoms with E-state index in [4.69, 9.17) is 20.8 Å². The first-order chi connectivity index (χ1) is 14.0. The maximum atomic E-state index is 12.6. The molecule has 0 unspecified atom stereocenters. The van der Waals surface area contributed by atoms with Crippen molar-refractivity contribution in [2.45, 2.75) is 63.3 Å². The van der Waals surface area contributed by atoms with E-state index in [-0.39, 0.29) is 16.7 Å². The Morgan fingerprint density at radius 3 is 2.57 bits per heavy atom. The van der Waals surface area contributed by atoms with E-state index in [1.165, 1.54) is 11.8 Å². The van der Waals surface area contributed by atoms with E-state index in [2.05, 4.69) is 15.3 Å². The molecule has 0 radical (unpaired) electrons. The molecule has 10 heteroatoms. The maximum absolute atomic E-state index is 12.6. The highest BCUT2D eigenvalue weighted by molar-refractivity contribution is 7.98. The number of likely N-dealkylation sites (N-methyl/N-ethyl adjacent to an activating group) is 1. The van der Waals surface area contributed by atoms with Gasteiger partial charge < -0.3 is 19.4 Å². The number of thioether (sulfide) groups is 1. The van der Waals surface area contributed by atoms with Gasteiger partial charge in [0, 0.05) is 19.2 Å². The van der Waals surface area contributed by atoms with E-state index >= 15 is 0 Å². The van der Waals surface area contributed by atoms with E-state index < -0.39 is 16.8 Å². The SMILES string of the molecule is CSc1nc(NCC2(N(C)C(=O)OC(C)(C)C)CCC2)c2c(=O)oc(Cl)c(C)c2n1. The lowest BCUT2D eigenvalue weighted by molar-refractivity contribution is -0.0116. The van der Waals surface area contributed by atoms with Gasteiger partial charge in [-0.15, -0.1) is 0 Å². The lowest BCUT2D eigenvalue weighted by Crippen LogP contribution is -2.59. The second-order valence-electron chi connectivity index (χ2n) is 8.54. The van der Waals surface area contributed by atoms with Crippen LogP contribution >= 0.6 is 23.4 Å². The minimum absolute atomic E-state index is 0.0179. The second-order valence-corrected chi connectivity index (χ2v) is 9.66. The number of halogens is 1. The first kappa shape index (κ1) is 22.7. The lowest BCUT2D eigenvalue weighted by Gasteiger charge is -2.48. The summed E-state index contributed by atoms with van der Waals surface area (Å²) in [5, 5.41) is 4.06. The van der Waals surface area contributed by atoms with E-state index in [0.29, 0.717) is 28.6 Å². The number of nitrogens with one attached hydrogen (secondary N) is 1. The molecule has 0 aliphatic heterocycles. The predicted octanol–water partition coefficient (Wildman–Crippen LogP) is 4.47. The molecule has 3 rings (SSSR count). The summed E-state index contributed by atoms with van der Waals surface area (Å²) in [6.45, 7) is 7.69. The van der Waals surface area contributed by atoms with E-state index in [0.717, 1.165) is 19.3 Å². The summed E-state index contributed by atoms with van der Waals surface area (Å²) >= 11 is 7.41. The average molecular weight is 455 g/mol. The third kappa shape index (κ3) is 4.37. The van der Waals surface area contributed by atoms with Crippen molar-refractivity contribution in [3.63, 3.8) is 0 Å². The summed E-state index contributed by atoms with van der Waals surface area (Å²) in [5.41, 5.74) is -0.549. The minimum atomic E-state index is -0.598. The van der Waals surface area contributed by atoms with Gasteiger partial charge in [-0.3, -0.25) is 0 Å². The van der Waals surface area contributed by atoms with Crippen LogP contribution in [0.15, 0.2) is 14.4 Å². The smallest absolute Gasteiger partial charge is 0.410 e. The molecule has 1 N–H and O–H groups in total. The van der Waals surface area contributed by atoms with Crippen LogP contribution in [0.3, 0.4) is 0 Å². The zero-order valence-corrected chi connectivity index (χ0v) is 19.7. The van der Waals surface area contributed by atoms with Crippen LogP contribution in [0.4, 0.5) is 10.6 Å². The zero-order chi connectivity index (χ0) is 22.3.